The van der Waals surface area contributed by atoms with E-state index in [9.17, 15) is 4.79 Å². The summed E-state index contributed by atoms with van der Waals surface area (Å²) in [4.78, 5) is 35.5. The van der Waals surface area contributed by atoms with Crippen molar-refractivity contribution < 1.29 is 18.7 Å². The lowest BCUT2D eigenvalue weighted by Gasteiger charge is -2.48. The van der Waals surface area contributed by atoms with Crippen molar-refractivity contribution in [3.05, 3.63) is 65.7 Å². The topological polar surface area (TPSA) is 87.2 Å². The highest BCUT2D eigenvalue weighted by Gasteiger charge is 2.53. The van der Waals surface area contributed by atoms with Gasteiger partial charge in [-0.2, -0.15) is 9.97 Å². The molecule has 1 amide bonds. The van der Waals surface area contributed by atoms with Crippen LogP contribution in [0.2, 0.25) is 5.15 Å². The summed E-state index contributed by atoms with van der Waals surface area (Å²) < 4.78 is 27.3. The lowest BCUT2D eigenvalue weighted by atomic mass is 9.95. The van der Waals surface area contributed by atoms with Crippen molar-refractivity contribution in [2.45, 2.75) is 64.3 Å². The summed E-state index contributed by atoms with van der Waals surface area (Å²) in [5.74, 6) is -0.0216. The van der Waals surface area contributed by atoms with Gasteiger partial charge in [0.25, 0.3) is 0 Å². The predicted molar refractivity (Wildman–Crippen MR) is 181 cm³/mol. The number of hydrogen-bond donors (Lipinski definition) is 0. The number of amides is 1. The van der Waals surface area contributed by atoms with Gasteiger partial charge in [-0.05, 0) is 39.2 Å². The Hall–Kier alpha value is -3.54. The predicted octanol–water partition coefficient (Wildman–Crippen LogP) is 5.79. The molecule has 0 saturated carbocycles. The van der Waals surface area contributed by atoms with Gasteiger partial charge in [-0.15, -0.1) is 6.58 Å². The zero-order valence-electron chi connectivity index (χ0n) is 27.8. The molecule has 0 N–H and O–H groups in total. The fraction of sp³-hybridized carbons (Fsp3) is 0.543. The van der Waals surface area contributed by atoms with E-state index < -0.39 is 17.0 Å². The van der Waals surface area contributed by atoms with Gasteiger partial charge in [-0.1, -0.05) is 54.9 Å². The number of aromatic nitrogens is 3. The van der Waals surface area contributed by atoms with Gasteiger partial charge in [-0.25, -0.2) is 14.2 Å². The average molecular weight is 666 g/mol. The van der Waals surface area contributed by atoms with Crippen LogP contribution in [0.4, 0.5) is 15.0 Å². The monoisotopic (exact) mass is 665 g/mol. The van der Waals surface area contributed by atoms with Gasteiger partial charge in [0.1, 0.15) is 16.9 Å². The molecular weight excluding hydrogens is 621 g/mol. The van der Waals surface area contributed by atoms with Crippen molar-refractivity contribution in [2.75, 3.05) is 57.3 Å². The summed E-state index contributed by atoms with van der Waals surface area (Å²) >= 11 is 6.10. The van der Waals surface area contributed by atoms with E-state index in [2.05, 4.69) is 62.4 Å². The van der Waals surface area contributed by atoms with Crippen LogP contribution in [-0.4, -0.2) is 105 Å². The summed E-state index contributed by atoms with van der Waals surface area (Å²) in [5, 5.41) is 0.176. The van der Waals surface area contributed by atoms with Crippen molar-refractivity contribution in [3.63, 3.8) is 0 Å². The van der Waals surface area contributed by atoms with E-state index in [4.69, 9.17) is 26.1 Å². The normalized spacial score (nSPS) is 22.8. The van der Waals surface area contributed by atoms with Crippen LogP contribution in [0.5, 0.6) is 6.01 Å². The van der Waals surface area contributed by atoms with Gasteiger partial charge >= 0.3 is 12.1 Å². The average Bonchev–Trinajstić information content (AvgIpc) is 3.29. The third-order valence-electron chi connectivity index (χ3n) is 9.30. The van der Waals surface area contributed by atoms with Crippen molar-refractivity contribution >= 4 is 34.4 Å². The zero-order chi connectivity index (χ0) is 33.3. The van der Waals surface area contributed by atoms with E-state index in [0.29, 0.717) is 30.9 Å². The number of anilines is 1. The van der Waals surface area contributed by atoms with E-state index >= 15 is 4.39 Å². The molecule has 0 spiro atoms. The number of benzene rings is 1. The van der Waals surface area contributed by atoms with Crippen LogP contribution in [0, 0.1) is 11.7 Å². The lowest BCUT2D eigenvalue weighted by molar-refractivity contribution is 0.00222. The molecule has 3 atom stereocenters. The number of carbonyl (C=O) groups is 1. The lowest BCUT2D eigenvalue weighted by Crippen LogP contribution is -2.63. The highest BCUT2D eigenvalue weighted by atomic mass is 35.5. The van der Waals surface area contributed by atoms with Crippen molar-refractivity contribution in [1.29, 1.82) is 0 Å². The van der Waals surface area contributed by atoms with E-state index in [0.717, 1.165) is 52.1 Å². The first kappa shape index (κ1) is 33.4. The molecule has 0 radical (unpaired) electrons. The molecule has 47 heavy (non-hydrogen) atoms. The molecule has 252 valence electrons. The Morgan fingerprint density at radius 1 is 1.17 bits per heavy atom. The minimum absolute atomic E-state index is 0.0572. The SMILES string of the molecule is C=CC12CCC(CN(c3nc(OC[C@H](C)CN4CCN(Cc5ccccc5)CC4)nc4c(F)c(Cl)ncc34)C1)N2C(=O)OC(C)(C)C. The Kier molecular flexibility index (Phi) is 9.60. The Morgan fingerprint density at radius 2 is 1.89 bits per heavy atom. The van der Waals surface area contributed by atoms with E-state index in [-0.39, 0.29) is 34.7 Å². The zero-order valence-corrected chi connectivity index (χ0v) is 28.5. The van der Waals surface area contributed by atoms with Crippen molar-refractivity contribution in [3.8, 4) is 6.01 Å². The smallest absolute Gasteiger partial charge is 0.411 e. The first-order chi connectivity index (χ1) is 22.4. The molecule has 3 saturated heterocycles. The van der Waals surface area contributed by atoms with E-state index in [1.165, 1.54) is 11.8 Å². The molecule has 3 fully saturated rings. The highest BCUT2D eigenvalue weighted by molar-refractivity contribution is 6.30. The summed E-state index contributed by atoms with van der Waals surface area (Å²) in [6, 6.07) is 10.5. The third kappa shape index (κ3) is 7.32. The van der Waals surface area contributed by atoms with Crippen LogP contribution < -0.4 is 9.64 Å². The molecule has 3 aliphatic heterocycles. The number of pyridine rings is 1. The summed E-state index contributed by atoms with van der Waals surface area (Å²) in [7, 11) is 0. The number of carbonyl (C=O) groups excluding carboxylic acids is 1. The molecule has 2 aromatic heterocycles. The highest BCUT2D eigenvalue weighted by Crippen LogP contribution is 2.43. The van der Waals surface area contributed by atoms with Crippen LogP contribution in [0.3, 0.4) is 0 Å². The van der Waals surface area contributed by atoms with Gasteiger partial charge in [0.05, 0.1) is 23.6 Å². The Labute approximate surface area is 281 Å². The maximum absolute atomic E-state index is 15.4. The first-order valence-corrected chi connectivity index (χ1v) is 16.9. The molecule has 2 bridgehead atoms. The molecular formula is C35H45ClFN7O3. The molecule has 3 aliphatic rings. The minimum Gasteiger partial charge on any atom is -0.463 e. The summed E-state index contributed by atoms with van der Waals surface area (Å²) in [5.41, 5.74) is 0.105. The third-order valence-corrected chi connectivity index (χ3v) is 9.57. The van der Waals surface area contributed by atoms with Crippen LogP contribution in [0.25, 0.3) is 10.9 Å². The van der Waals surface area contributed by atoms with Crippen LogP contribution in [0.1, 0.15) is 46.1 Å². The number of rotatable bonds is 9. The van der Waals surface area contributed by atoms with Gasteiger partial charge in [0.2, 0.25) is 0 Å². The number of fused-ring (bicyclic) bond motifs is 3. The van der Waals surface area contributed by atoms with Crippen LogP contribution in [0.15, 0.2) is 49.2 Å². The van der Waals surface area contributed by atoms with Crippen molar-refractivity contribution in [2.24, 2.45) is 5.92 Å². The number of hydrogen-bond acceptors (Lipinski definition) is 9. The van der Waals surface area contributed by atoms with Gasteiger partial charge < -0.3 is 19.3 Å². The molecule has 6 rings (SSSR count). The standard InChI is InChI=1S/C35H45ClFN7O3/c1-6-35-13-12-26(44(35)33(45)47-34(3,4)5)21-43(23-35)31-27-18-38-30(36)28(37)29(27)39-32(40-31)46-22-24(2)19-41-14-16-42(17-15-41)20-25-10-8-7-9-11-25/h6-11,18,24,26H,1,12-17,19-23H2,2-5H3/t24-,26?,35?/m1/s1. The molecule has 3 aromatic rings. The second-order valence-electron chi connectivity index (χ2n) is 14.2. The molecule has 2 unspecified atom stereocenters. The molecule has 10 nitrogen and oxygen atoms in total. The molecule has 0 aliphatic carbocycles. The van der Waals surface area contributed by atoms with E-state index in [1.54, 1.807) is 0 Å². The molecule has 5 heterocycles. The van der Waals surface area contributed by atoms with E-state index in [1.807, 2.05) is 37.8 Å². The van der Waals surface area contributed by atoms with Gasteiger partial charge in [0, 0.05) is 64.5 Å². The summed E-state index contributed by atoms with van der Waals surface area (Å²) in [6.07, 6.45) is 4.48. The minimum atomic E-state index is -0.715. The largest absolute Gasteiger partial charge is 0.463 e. The molecule has 12 heteroatoms. The molecule has 1 aromatic carbocycles. The maximum atomic E-state index is 15.4. The van der Waals surface area contributed by atoms with Gasteiger partial charge in [0.15, 0.2) is 11.0 Å². The van der Waals surface area contributed by atoms with Gasteiger partial charge in [-0.3, -0.25) is 9.80 Å². The Morgan fingerprint density at radius 3 is 2.60 bits per heavy atom. The summed E-state index contributed by atoms with van der Waals surface area (Å²) in [6.45, 7) is 19.0. The van der Waals surface area contributed by atoms with Crippen molar-refractivity contribution in [1.82, 2.24) is 29.7 Å². The second-order valence-corrected chi connectivity index (χ2v) is 14.5. The number of nitrogens with zero attached hydrogens (tertiary/aromatic N) is 7. The van der Waals surface area contributed by atoms with Crippen LogP contribution in [-0.2, 0) is 11.3 Å². The van der Waals surface area contributed by atoms with Crippen LogP contribution >= 0.6 is 11.6 Å². The number of ether oxygens (including phenoxy) is 2. The quantitative estimate of drug-likeness (QED) is 0.208. The Balaban J connectivity index is 1.15. The fourth-order valence-electron chi connectivity index (χ4n) is 7.06. The first-order valence-electron chi connectivity index (χ1n) is 16.5. The fourth-order valence-corrected chi connectivity index (χ4v) is 7.20. The second kappa shape index (κ2) is 13.5. The maximum Gasteiger partial charge on any atom is 0.411 e. The number of halogens is 2. The number of piperazine rings is 2. The Bertz CT molecular complexity index is 1600.